The summed E-state index contributed by atoms with van der Waals surface area (Å²) in [6.45, 7) is 13.2. The summed E-state index contributed by atoms with van der Waals surface area (Å²) in [6, 6.07) is 9.25. The second-order valence-corrected chi connectivity index (χ2v) is 6.07. The van der Waals surface area contributed by atoms with E-state index < -0.39 is 0 Å². The average molecular weight is 268 g/mol. The molecule has 0 saturated heterocycles. The highest BCUT2D eigenvalue weighted by atomic mass is 35.5. The summed E-state index contributed by atoms with van der Waals surface area (Å²) >= 11 is 6.14. The second-order valence-electron chi connectivity index (χ2n) is 5.76. The predicted molar refractivity (Wildman–Crippen MR) is 81.5 cm³/mol. The molecular formula is C16H26ClN. The van der Waals surface area contributed by atoms with Gasteiger partial charge in [-0.05, 0) is 29.6 Å². The summed E-state index contributed by atoms with van der Waals surface area (Å²) in [6.07, 6.45) is 0. The van der Waals surface area contributed by atoms with Gasteiger partial charge >= 0.3 is 0 Å². The van der Waals surface area contributed by atoms with E-state index in [2.05, 4.69) is 63.8 Å². The average Bonchev–Trinajstić information content (AvgIpc) is 2.35. The van der Waals surface area contributed by atoms with E-state index in [0.717, 1.165) is 13.1 Å². The molecule has 0 aliphatic rings. The first kappa shape index (κ1) is 15.5. The van der Waals surface area contributed by atoms with Gasteiger partial charge in [-0.15, -0.1) is 11.6 Å². The van der Waals surface area contributed by atoms with E-state index in [9.17, 15) is 0 Å². The molecule has 0 N–H and O–H groups in total. The van der Waals surface area contributed by atoms with E-state index >= 15 is 0 Å². The van der Waals surface area contributed by atoms with E-state index in [0.29, 0.717) is 11.9 Å². The van der Waals surface area contributed by atoms with Crippen LogP contribution in [0.15, 0.2) is 24.3 Å². The SMILES string of the molecule is CCN(CC)C(CCl)c1ccc(C(C)(C)C)cc1. The van der Waals surface area contributed by atoms with Gasteiger partial charge in [0.05, 0.1) is 0 Å². The van der Waals surface area contributed by atoms with Crippen LogP contribution < -0.4 is 0 Å². The van der Waals surface area contributed by atoms with Crippen molar-refractivity contribution in [1.29, 1.82) is 0 Å². The van der Waals surface area contributed by atoms with E-state index in [-0.39, 0.29) is 5.41 Å². The molecule has 1 aromatic carbocycles. The molecule has 0 heterocycles. The van der Waals surface area contributed by atoms with Crippen LogP contribution in [-0.2, 0) is 5.41 Å². The van der Waals surface area contributed by atoms with E-state index in [1.807, 2.05) is 0 Å². The van der Waals surface area contributed by atoms with Crippen molar-refractivity contribution < 1.29 is 0 Å². The maximum Gasteiger partial charge on any atom is 0.0483 e. The number of halogens is 1. The minimum Gasteiger partial charge on any atom is -0.296 e. The Morgan fingerprint density at radius 2 is 1.56 bits per heavy atom. The van der Waals surface area contributed by atoms with Gasteiger partial charge in [-0.2, -0.15) is 0 Å². The number of rotatable bonds is 5. The van der Waals surface area contributed by atoms with Gasteiger partial charge in [0.15, 0.2) is 0 Å². The molecule has 0 aliphatic carbocycles. The molecule has 1 unspecified atom stereocenters. The van der Waals surface area contributed by atoms with Gasteiger partial charge in [-0.1, -0.05) is 58.9 Å². The van der Waals surface area contributed by atoms with Crippen LogP contribution in [0.4, 0.5) is 0 Å². The van der Waals surface area contributed by atoms with Crippen LogP contribution >= 0.6 is 11.6 Å². The van der Waals surface area contributed by atoms with Crippen molar-refractivity contribution in [3.05, 3.63) is 35.4 Å². The van der Waals surface area contributed by atoms with Gasteiger partial charge in [0.25, 0.3) is 0 Å². The van der Waals surface area contributed by atoms with Crippen LogP contribution in [-0.4, -0.2) is 23.9 Å². The summed E-state index contributed by atoms with van der Waals surface area (Å²) < 4.78 is 0. The zero-order valence-corrected chi connectivity index (χ0v) is 13.1. The van der Waals surface area contributed by atoms with Crippen LogP contribution in [0.1, 0.15) is 51.8 Å². The highest BCUT2D eigenvalue weighted by Crippen LogP contribution is 2.26. The van der Waals surface area contributed by atoms with E-state index in [1.165, 1.54) is 11.1 Å². The molecule has 0 fully saturated rings. The third kappa shape index (κ3) is 3.73. The Balaban J connectivity index is 2.95. The Kier molecular flexibility index (Phi) is 5.68. The Hall–Kier alpha value is -0.530. The summed E-state index contributed by atoms with van der Waals surface area (Å²) in [5, 5.41) is 0. The molecule has 0 saturated carbocycles. The van der Waals surface area contributed by atoms with Crippen LogP contribution in [0.5, 0.6) is 0 Å². The van der Waals surface area contributed by atoms with Crippen molar-refractivity contribution in [3.63, 3.8) is 0 Å². The summed E-state index contributed by atoms with van der Waals surface area (Å²) in [7, 11) is 0. The molecule has 0 radical (unpaired) electrons. The number of hydrogen-bond acceptors (Lipinski definition) is 1. The first-order valence-electron chi connectivity index (χ1n) is 6.84. The monoisotopic (exact) mass is 267 g/mol. The largest absolute Gasteiger partial charge is 0.296 e. The molecule has 0 aromatic heterocycles. The predicted octanol–water partition coefficient (Wildman–Crippen LogP) is 4.61. The molecule has 1 rings (SSSR count). The lowest BCUT2D eigenvalue weighted by atomic mass is 9.86. The highest BCUT2D eigenvalue weighted by molar-refractivity contribution is 6.18. The van der Waals surface area contributed by atoms with Gasteiger partial charge in [-0.25, -0.2) is 0 Å². The third-order valence-corrected chi connectivity index (χ3v) is 3.85. The fourth-order valence-electron chi connectivity index (χ4n) is 2.27. The smallest absolute Gasteiger partial charge is 0.0483 e. The molecule has 0 aliphatic heterocycles. The van der Waals surface area contributed by atoms with Crippen molar-refractivity contribution >= 4 is 11.6 Å². The van der Waals surface area contributed by atoms with Crippen molar-refractivity contribution in [1.82, 2.24) is 4.90 Å². The topological polar surface area (TPSA) is 3.24 Å². The zero-order valence-electron chi connectivity index (χ0n) is 12.3. The van der Waals surface area contributed by atoms with E-state index in [1.54, 1.807) is 0 Å². The standard InChI is InChI=1S/C16H26ClN/c1-6-18(7-2)15(12-17)13-8-10-14(11-9-13)16(3,4)5/h8-11,15H,6-7,12H2,1-5H3. The fourth-order valence-corrected chi connectivity index (χ4v) is 2.64. The maximum atomic E-state index is 6.14. The summed E-state index contributed by atoms with van der Waals surface area (Å²) in [5.41, 5.74) is 2.91. The molecule has 0 spiro atoms. The van der Waals surface area contributed by atoms with Gasteiger partial charge < -0.3 is 0 Å². The molecule has 0 amide bonds. The lowest BCUT2D eigenvalue weighted by Crippen LogP contribution is -2.29. The minimum absolute atomic E-state index is 0.212. The van der Waals surface area contributed by atoms with Gasteiger partial charge in [0.1, 0.15) is 0 Å². The van der Waals surface area contributed by atoms with E-state index in [4.69, 9.17) is 11.6 Å². The second kappa shape index (κ2) is 6.58. The quantitative estimate of drug-likeness (QED) is 0.705. The normalized spacial score (nSPS) is 13.9. The first-order valence-corrected chi connectivity index (χ1v) is 7.37. The lowest BCUT2D eigenvalue weighted by molar-refractivity contribution is 0.237. The van der Waals surface area contributed by atoms with Gasteiger partial charge in [0.2, 0.25) is 0 Å². The highest BCUT2D eigenvalue weighted by Gasteiger charge is 2.18. The van der Waals surface area contributed by atoms with Crippen LogP contribution in [0, 0.1) is 0 Å². The summed E-state index contributed by atoms with van der Waals surface area (Å²) in [5.74, 6) is 0.649. The van der Waals surface area contributed by atoms with Crippen molar-refractivity contribution in [3.8, 4) is 0 Å². The number of alkyl halides is 1. The Labute approximate surface area is 117 Å². The third-order valence-electron chi connectivity index (χ3n) is 3.56. The zero-order chi connectivity index (χ0) is 13.8. The molecule has 1 aromatic rings. The Morgan fingerprint density at radius 3 is 1.89 bits per heavy atom. The van der Waals surface area contributed by atoms with Crippen LogP contribution in [0.3, 0.4) is 0 Å². The number of nitrogens with zero attached hydrogens (tertiary/aromatic N) is 1. The minimum atomic E-state index is 0.212. The Morgan fingerprint density at radius 1 is 1.06 bits per heavy atom. The Bertz CT molecular complexity index is 346. The summed E-state index contributed by atoms with van der Waals surface area (Å²) in [4.78, 5) is 2.40. The fraction of sp³-hybridized carbons (Fsp3) is 0.625. The van der Waals surface area contributed by atoms with Crippen molar-refractivity contribution in [2.24, 2.45) is 0 Å². The molecule has 1 atom stereocenters. The molecule has 102 valence electrons. The van der Waals surface area contributed by atoms with Gasteiger partial charge in [-0.3, -0.25) is 4.90 Å². The first-order chi connectivity index (χ1) is 8.43. The number of benzene rings is 1. The molecular weight excluding hydrogens is 242 g/mol. The number of hydrogen-bond donors (Lipinski definition) is 0. The van der Waals surface area contributed by atoms with Crippen LogP contribution in [0.25, 0.3) is 0 Å². The van der Waals surface area contributed by atoms with Crippen LogP contribution in [0.2, 0.25) is 0 Å². The maximum absolute atomic E-state index is 6.14. The molecule has 18 heavy (non-hydrogen) atoms. The van der Waals surface area contributed by atoms with Gasteiger partial charge in [0, 0.05) is 11.9 Å². The van der Waals surface area contributed by atoms with Crippen molar-refractivity contribution in [2.45, 2.75) is 46.1 Å². The molecule has 1 nitrogen and oxygen atoms in total. The molecule has 0 bridgehead atoms. The van der Waals surface area contributed by atoms with Crippen molar-refractivity contribution in [2.75, 3.05) is 19.0 Å². The molecule has 2 heteroatoms. The lowest BCUT2D eigenvalue weighted by Gasteiger charge is -2.29.